The molecule has 0 spiro atoms. The second kappa shape index (κ2) is 7.31. The number of anilines is 1. The first-order chi connectivity index (χ1) is 12.0. The summed E-state index contributed by atoms with van der Waals surface area (Å²) in [6.45, 7) is 4.07. The van der Waals surface area contributed by atoms with Crippen LogP contribution in [0, 0.1) is 13.8 Å². The molecule has 25 heavy (non-hydrogen) atoms. The number of hydrogen-bond donors (Lipinski definition) is 1. The average Bonchev–Trinajstić information content (AvgIpc) is 3.00. The molecular weight excluding hydrogens is 338 g/mol. The van der Waals surface area contributed by atoms with Gasteiger partial charge in [-0.1, -0.05) is 29.8 Å². The van der Waals surface area contributed by atoms with E-state index in [9.17, 15) is 9.59 Å². The highest BCUT2D eigenvalue weighted by atomic mass is 32.1. The lowest BCUT2D eigenvalue weighted by Gasteiger charge is -2.10. The number of benzene rings is 1. The van der Waals surface area contributed by atoms with Crippen LogP contribution in [-0.4, -0.2) is 15.6 Å². The monoisotopic (exact) mass is 355 g/mol. The summed E-state index contributed by atoms with van der Waals surface area (Å²) in [5.74, 6) is -0.507. The normalized spacial score (nSPS) is 10.5. The van der Waals surface area contributed by atoms with E-state index in [1.807, 2.05) is 43.5 Å². The van der Waals surface area contributed by atoms with Gasteiger partial charge >= 0.3 is 0 Å². The van der Waals surface area contributed by atoms with Gasteiger partial charge in [-0.05, 0) is 31.5 Å². The van der Waals surface area contributed by atoms with Crippen LogP contribution >= 0.6 is 11.3 Å². The van der Waals surface area contributed by atoms with Crippen LogP contribution in [0.25, 0.3) is 0 Å². The van der Waals surface area contributed by atoms with Gasteiger partial charge in [0.25, 0.3) is 11.5 Å². The van der Waals surface area contributed by atoms with Crippen molar-refractivity contribution in [2.45, 2.75) is 20.5 Å². The highest BCUT2D eigenvalue weighted by Crippen LogP contribution is 2.14. The number of carbonyl (C=O) groups excluding carboxylic acids is 1. The molecule has 0 bridgehead atoms. The van der Waals surface area contributed by atoms with Crippen molar-refractivity contribution in [1.82, 2.24) is 9.71 Å². The van der Waals surface area contributed by atoms with Crippen LogP contribution in [0.2, 0.25) is 0 Å². The molecule has 128 valence electrons. The third-order valence-electron chi connectivity index (χ3n) is 3.49. The molecule has 0 saturated carbocycles. The number of thiazole rings is 1. The van der Waals surface area contributed by atoms with E-state index >= 15 is 0 Å². The van der Waals surface area contributed by atoms with Gasteiger partial charge in [0, 0.05) is 11.6 Å². The molecule has 0 fully saturated rings. The quantitative estimate of drug-likeness (QED) is 0.764. The van der Waals surface area contributed by atoms with Gasteiger partial charge < -0.3 is 4.84 Å². The van der Waals surface area contributed by atoms with Crippen molar-refractivity contribution in [3.8, 4) is 0 Å². The fourth-order valence-corrected chi connectivity index (χ4v) is 2.84. The molecule has 6 nitrogen and oxygen atoms in total. The van der Waals surface area contributed by atoms with E-state index in [-0.39, 0.29) is 12.2 Å². The van der Waals surface area contributed by atoms with Crippen molar-refractivity contribution in [3.05, 3.63) is 80.7 Å². The summed E-state index contributed by atoms with van der Waals surface area (Å²) in [6.07, 6.45) is 1.49. The zero-order chi connectivity index (χ0) is 17.8. The van der Waals surface area contributed by atoms with E-state index in [0.29, 0.717) is 5.13 Å². The minimum absolute atomic E-state index is 0.000686. The number of pyridine rings is 1. The second-order valence-corrected chi connectivity index (χ2v) is 6.42. The highest BCUT2D eigenvalue weighted by molar-refractivity contribution is 7.13. The predicted octanol–water partition coefficient (Wildman–Crippen LogP) is 2.80. The molecule has 0 radical (unpaired) electrons. The van der Waals surface area contributed by atoms with Gasteiger partial charge in [-0.15, -0.1) is 11.3 Å². The van der Waals surface area contributed by atoms with Gasteiger partial charge in [-0.2, -0.15) is 4.73 Å². The van der Waals surface area contributed by atoms with Crippen LogP contribution in [0.5, 0.6) is 0 Å². The number of nitrogens with one attached hydrogen (secondary N) is 1. The van der Waals surface area contributed by atoms with Crippen LogP contribution in [-0.2, 0) is 6.61 Å². The van der Waals surface area contributed by atoms with Crippen molar-refractivity contribution in [1.29, 1.82) is 0 Å². The Morgan fingerprint density at radius 2 is 2.00 bits per heavy atom. The molecule has 1 aromatic carbocycles. The van der Waals surface area contributed by atoms with Crippen molar-refractivity contribution in [3.63, 3.8) is 0 Å². The fraction of sp³-hybridized carbons (Fsp3) is 0.167. The lowest BCUT2D eigenvalue weighted by Crippen LogP contribution is -2.32. The Bertz CT molecular complexity index is 945. The van der Waals surface area contributed by atoms with Gasteiger partial charge in [0.15, 0.2) is 5.13 Å². The number of rotatable bonds is 5. The van der Waals surface area contributed by atoms with E-state index in [0.717, 1.165) is 21.6 Å². The number of aromatic nitrogens is 2. The lowest BCUT2D eigenvalue weighted by atomic mass is 10.2. The van der Waals surface area contributed by atoms with E-state index in [2.05, 4.69) is 10.3 Å². The summed E-state index contributed by atoms with van der Waals surface area (Å²) in [4.78, 5) is 34.4. The first kappa shape index (κ1) is 16.9. The Balaban J connectivity index is 1.74. The molecule has 3 aromatic rings. The van der Waals surface area contributed by atoms with Crippen LogP contribution < -0.4 is 15.7 Å². The van der Waals surface area contributed by atoms with Crippen molar-refractivity contribution >= 4 is 22.4 Å². The van der Waals surface area contributed by atoms with Gasteiger partial charge in [0.1, 0.15) is 12.2 Å². The molecule has 0 atom stereocenters. The van der Waals surface area contributed by atoms with E-state index in [4.69, 9.17) is 4.84 Å². The maximum atomic E-state index is 12.4. The Kier molecular flexibility index (Phi) is 4.95. The van der Waals surface area contributed by atoms with Crippen LogP contribution in [0.4, 0.5) is 5.13 Å². The maximum absolute atomic E-state index is 12.4. The number of carbonyl (C=O) groups is 1. The SMILES string of the molecule is Cc1ccc(COn2cccc(C(=O)Nc3nc(C)cs3)c2=O)cc1. The largest absolute Gasteiger partial charge is 0.406 e. The van der Waals surface area contributed by atoms with Crippen molar-refractivity contribution in [2.24, 2.45) is 0 Å². The molecule has 0 saturated heterocycles. The van der Waals surface area contributed by atoms with E-state index in [1.54, 1.807) is 6.07 Å². The summed E-state index contributed by atoms with van der Waals surface area (Å²) < 4.78 is 1.07. The number of amides is 1. The molecule has 1 N–H and O–H groups in total. The van der Waals surface area contributed by atoms with Crippen molar-refractivity contribution in [2.75, 3.05) is 5.32 Å². The summed E-state index contributed by atoms with van der Waals surface area (Å²) in [7, 11) is 0. The smallest absolute Gasteiger partial charge is 0.295 e. The van der Waals surface area contributed by atoms with E-state index < -0.39 is 11.5 Å². The van der Waals surface area contributed by atoms with Crippen LogP contribution in [0.1, 0.15) is 27.2 Å². The van der Waals surface area contributed by atoms with Gasteiger partial charge in [0.05, 0.1) is 5.69 Å². The molecule has 0 aliphatic rings. The molecule has 2 heterocycles. The molecule has 7 heteroatoms. The summed E-state index contributed by atoms with van der Waals surface area (Å²) >= 11 is 1.31. The maximum Gasteiger partial charge on any atom is 0.295 e. The first-order valence-corrected chi connectivity index (χ1v) is 8.55. The minimum atomic E-state index is -0.514. The predicted molar refractivity (Wildman–Crippen MR) is 97.0 cm³/mol. The zero-order valence-electron chi connectivity index (χ0n) is 13.9. The van der Waals surface area contributed by atoms with Gasteiger partial charge in [-0.25, -0.2) is 4.98 Å². The fourth-order valence-electron chi connectivity index (χ4n) is 2.15. The Hall–Kier alpha value is -2.93. The number of nitrogens with zero attached hydrogens (tertiary/aromatic N) is 2. The molecule has 1 amide bonds. The number of aryl methyl sites for hydroxylation is 2. The Labute approximate surface area is 148 Å². The molecule has 0 aliphatic carbocycles. The van der Waals surface area contributed by atoms with E-state index in [1.165, 1.54) is 23.6 Å². The minimum Gasteiger partial charge on any atom is -0.406 e. The molecule has 2 aromatic heterocycles. The third kappa shape index (κ3) is 4.13. The Morgan fingerprint density at radius 1 is 1.24 bits per heavy atom. The summed E-state index contributed by atoms with van der Waals surface area (Å²) in [5, 5.41) is 4.91. The molecule has 3 rings (SSSR count). The second-order valence-electron chi connectivity index (χ2n) is 5.56. The van der Waals surface area contributed by atoms with Gasteiger partial charge in [0.2, 0.25) is 0 Å². The third-order valence-corrected chi connectivity index (χ3v) is 4.37. The first-order valence-electron chi connectivity index (χ1n) is 7.67. The standard InChI is InChI=1S/C18H17N3O3S/c1-12-5-7-14(8-6-12)10-24-21-9-3-4-15(17(21)23)16(22)20-18-19-13(2)11-25-18/h3-9,11H,10H2,1-2H3,(H,19,20,22). The molecule has 0 aliphatic heterocycles. The Morgan fingerprint density at radius 3 is 2.68 bits per heavy atom. The van der Waals surface area contributed by atoms with Crippen LogP contribution in [0.3, 0.4) is 0 Å². The van der Waals surface area contributed by atoms with Crippen molar-refractivity contribution < 1.29 is 9.63 Å². The molecule has 0 unspecified atom stereocenters. The number of hydrogen-bond acceptors (Lipinski definition) is 5. The van der Waals surface area contributed by atoms with Gasteiger partial charge in [-0.3, -0.25) is 14.9 Å². The highest BCUT2D eigenvalue weighted by Gasteiger charge is 2.14. The van der Waals surface area contributed by atoms with Crippen LogP contribution in [0.15, 0.2) is 52.8 Å². The molecular formula is C18H17N3O3S. The average molecular weight is 355 g/mol. The topological polar surface area (TPSA) is 73.2 Å². The summed E-state index contributed by atoms with van der Waals surface area (Å²) in [5.41, 5.74) is 2.38. The zero-order valence-corrected chi connectivity index (χ0v) is 14.7. The summed E-state index contributed by atoms with van der Waals surface area (Å²) in [6, 6.07) is 10.9. The lowest BCUT2D eigenvalue weighted by molar-refractivity contribution is 0.0863.